The highest BCUT2D eigenvalue weighted by molar-refractivity contribution is 6.21. The van der Waals surface area contributed by atoms with Crippen molar-refractivity contribution in [3.8, 4) is 0 Å². The second kappa shape index (κ2) is 11.1. The van der Waals surface area contributed by atoms with E-state index in [1.807, 2.05) is 0 Å². The molecule has 43 heavy (non-hydrogen) atoms. The van der Waals surface area contributed by atoms with Gasteiger partial charge in [-0.15, -0.1) is 0 Å². The fourth-order valence-electron chi connectivity index (χ4n) is 10.6. The van der Waals surface area contributed by atoms with Gasteiger partial charge in [0, 0.05) is 18.6 Å². The Bertz CT molecular complexity index is 1250. The minimum Gasteiger partial charge on any atom is -0.389 e. The molecule has 7 rings (SSSR count). The number of imide groups is 1. The molecule has 4 saturated carbocycles. The molecule has 1 aromatic carbocycles. The molecule has 2 unspecified atom stereocenters. The third kappa shape index (κ3) is 4.67. The first-order valence-electron chi connectivity index (χ1n) is 16.9. The van der Waals surface area contributed by atoms with Crippen molar-refractivity contribution in [3.05, 3.63) is 47.0 Å². The molecule has 7 nitrogen and oxygen atoms in total. The molecule has 0 spiro atoms. The van der Waals surface area contributed by atoms with Gasteiger partial charge in [0.1, 0.15) is 0 Å². The summed E-state index contributed by atoms with van der Waals surface area (Å²) in [4.78, 5) is 26.7. The smallest absolute Gasteiger partial charge is 0.261 e. The van der Waals surface area contributed by atoms with E-state index < -0.39 is 5.60 Å². The van der Waals surface area contributed by atoms with Crippen molar-refractivity contribution >= 4 is 11.8 Å². The van der Waals surface area contributed by atoms with Gasteiger partial charge < -0.3 is 19.3 Å². The molecular formula is C36H49NO6. The molecular weight excluding hydrogens is 542 g/mol. The lowest BCUT2D eigenvalue weighted by molar-refractivity contribution is -0.209. The maximum absolute atomic E-state index is 12.7. The van der Waals surface area contributed by atoms with E-state index in [-0.39, 0.29) is 35.0 Å². The third-order valence-corrected chi connectivity index (χ3v) is 13.1. The number of nitrogens with zero attached hydrogens (tertiary/aromatic N) is 1. The molecule has 4 aliphatic carbocycles. The number of benzene rings is 1. The predicted molar refractivity (Wildman–Crippen MR) is 162 cm³/mol. The number of amides is 2. The molecule has 0 radical (unpaired) electrons. The van der Waals surface area contributed by atoms with E-state index in [9.17, 15) is 14.7 Å². The van der Waals surface area contributed by atoms with Crippen LogP contribution in [0.1, 0.15) is 106 Å². The molecule has 2 aliphatic heterocycles. The minimum absolute atomic E-state index is 0.100. The fourth-order valence-corrected chi connectivity index (χ4v) is 10.6. The van der Waals surface area contributed by atoms with Gasteiger partial charge in [0.15, 0.2) is 6.29 Å². The zero-order valence-electron chi connectivity index (χ0n) is 26.2. The van der Waals surface area contributed by atoms with Gasteiger partial charge in [-0.1, -0.05) is 32.1 Å². The molecule has 7 heteroatoms. The Morgan fingerprint density at radius 3 is 2.42 bits per heavy atom. The van der Waals surface area contributed by atoms with Crippen LogP contribution in [-0.2, 0) is 14.2 Å². The van der Waals surface area contributed by atoms with Crippen LogP contribution in [0.4, 0.5) is 0 Å². The quantitative estimate of drug-likeness (QED) is 0.233. The van der Waals surface area contributed by atoms with E-state index in [2.05, 4.69) is 26.8 Å². The summed E-state index contributed by atoms with van der Waals surface area (Å²) in [5, 5.41) is 12.5. The van der Waals surface area contributed by atoms with Crippen LogP contribution in [0.25, 0.3) is 0 Å². The summed E-state index contributed by atoms with van der Waals surface area (Å²) in [6.45, 7) is 9.29. The summed E-state index contributed by atoms with van der Waals surface area (Å²) in [5.41, 5.74) is 1.72. The number of fused-ring (bicyclic) bond motifs is 6. The number of ether oxygens (including phenoxy) is 3. The first kappa shape index (κ1) is 29.6. The van der Waals surface area contributed by atoms with Gasteiger partial charge in [0.25, 0.3) is 11.8 Å². The van der Waals surface area contributed by atoms with E-state index in [0.29, 0.717) is 67.6 Å². The van der Waals surface area contributed by atoms with Gasteiger partial charge in [0.2, 0.25) is 0 Å². The molecule has 0 aromatic heterocycles. The van der Waals surface area contributed by atoms with Gasteiger partial charge >= 0.3 is 0 Å². The molecule has 8 atom stereocenters. The van der Waals surface area contributed by atoms with Crippen LogP contribution in [0.5, 0.6) is 0 Å². The Morgan fingerprint density at radius 1 is 0.977 bits per heavy atom. The summed E-state index contributed by atoms with van der Waals surface area (Å²) in [7, 11) is 0. The Balaban J connectivity index is 0.950. The normalized spacial score (nSPS) is 41.3. The van der Waals surface area contributed by atoms with Crippen molar-refractivity contribution in [2.24, 2.45) is 34.5 Å². The highest BCUT2D eigenvalue weighted by Crippen LogP contribution is 2.69. The zero-order chi connectivity index (χ0) is 30.0. The van der Waals surface area contributed by atoms with E-state index in [1.165, 1.54) is 11.3 Å². The highest BCUT2D eigenvalue weighted by Gasteiger charge is 2.66. The lowest BCUT2D eigenvalue weighted by Gasteiger charge is -2.63. The summed E-state index contributed by atoms with van der Waals surface area (Å²) in [6, 6.07) is 7.08. The molecule has 1 aromatic rings. The maximum atomic E-state index is 12.7. The monoisotopic (exact) mass is 591 g/mol. The standard InChI is InChI=1S/C36H49NO6/c1-23(33-42-19-20-43-33)21-25-11-16-36(40)30-10-9-24-22-26(12-14-34(24,2)29(30)13-15-35(25,36)3)41-18-6-17-37-31(38)27-7-4-5-8-28(27)32(37)39/h4-5,7-8,21,24-26,29-30,33,40H,6,9-20,22H2,1-3H3/b23-21-/t24?,25-,26?,29+,30-,34+,35-,36-/m1/s1. The summed E-state index contributed by atoms with van der Waals surface area (Å²) in [5.74, 6) is 1.53. The summed E-state index contributed by atoms with van der Waals surface area (Å²) in [6.07, 6.45) is 12.8. The lowest BCUT2D eigenvalue weighted by Crippen LogP contribution is -2.62. The number of carbonyl (C=O) groups excluding carboxylic acids is 2. The van der Waals surface area contributed by atoms with Crippen molar-refractivity contribution in [3.63, 3.8) is 0 Å². The molecule has 2 amide bonds. The van der Waals surface area contributed by atoms with Crippen molar-refractivity contribution in [2.75, 3.05) is 26.4 Å². The maximum Gasteiger partial charge on any atom is 0.261 e. The fraction of sp³-hybridized carbons (Fsp3) is 0.722. The van der Waals surface area contributed by atoms with Crippen molar-refractivity contribution in [1.29, 1.82) is 0 Å². The number of aliphatic hydroxyl groups is 1. The van der Waals surface area contributed by atoms with Crippen LogP contribution in [0.15, 0.2) is 35.9 Å². The van der Waals surface area contributed by atoms with Crippen LogP contribution in [-0.4, -0.2) is 66.2 Å². The second-order valence-corrected chi connectivity index (χ2v) is 14.9. The molecule has 1 N–H and O–H groups in total. The third-order valence-electron chi connectivity index (χ3n) is 13.1. The molecule has 5 fully saturated rings. The Labute approximate surface area is 256 Å². The predicted octanol–water partition coefficient (Wildman–Crippen LogP) is 6.15. The number of carbonyl (C=O) groups is 2. The highest BCUT2D eigenvalue weighted by atomic mass is 16.7. The molecule has 234 valence electrons. The number of hydrogen-bond acceptors (Lipinski definition) is 6. The van der Waals surface area contributed by atoms with Gasteiger partial charge in [-0.05, 0) is 118 Å². The van der Waals surface area contributed by atoms with Crippen molar-refractivity contribution in [2.45, 2.75) is 103 Å². The van der Waals surface area contributed by atoms with Crippen LogP contribution in [0, 0.1) is 34.5 Å². The topological polar surface area (TPSA) is 85.3 Å². The van der Waals surface area contributed by atoms with Crippen LogP contribution >= 0.6 is 0 Å². The van der Waals surface area contributed by atoms with Crippen molar-refractivity contribution < 1.29 is 28.9 Å². The number of rotatable bonds is 7. The van der Waals surface area contributed by atoms with Gasteiger partial charge in [0.05, 0.1) is 36.0 Å². The molecule has 6 aliphatic rings. The average molecular weight is 592 g/mol. The SMILES string of the molecule is C/C(=C/[C@H]1CC[C@@]2(O)[C@@H]3CCC4CC(OCCCN5C(=O)c6ccccc6C5=O)CC[C@]4(C)[C@H]3CC[C@]12C)C1OCCO1. The van der Waals surface area contributed by atoms with Gasteiger partial charge in [-0.3, -0.25) is 14.5 Å². The van der Waals surface area contributed by atoms with E-state index in [1.54, 1.807) is 24.3 Å². The van der Waals surface area contributed by atoms with E-state index in [0.717, 1.165) is 56.9 Å². The summed E-state index contributed by atoms with van der Waals surface area (Å²) >= 11 is 0. The first-order valence-corrected chi connectivity index (χ1v) is 16.9. The van der Waals surface area contributed by atoms with Gasteiger partial charge in [-0.2, -0.15) is 0 Å². The van der Waals surface area contributed by atoms with Crippen molar-refractivity contribution in [1.82, 2.24) is 4.90 Å². The Kier molecular flexibility index (Phi) is 7.64. The van der Waals surface area contributed by atoms with Crippen LogP contribution in [0.2, 0.25) is 0 Å². The second-order valence-electron chi connectivity index (χ2n) is 14.9. The van der Waals surface area contributed by atoms with Gasteiger partial charge in [-0.25, -0.2) is 0 Å². The molecule has 2 heterocycles. The molecule has 1 saturated heterocycles. The Morgan fingerprint density at radius 2 is 1.70 bits per heavy atom. The molecule has 0 bridgehead atoms. The Hall–Kier alpha value is -2.06. The first-order chi connectivity index (χ1) is 20.7. The lowest BCUT2D eigenvalue weighted by atomic mass is 9.43. The van der Waals surface area contributed by atoms with E-state index in [4.69, 9.17) is 14.2 Å². The summed E-state index contributed by atoms with van der Waals surface area (Å²) < 4.78 is 17.9. The largest absolute Gasteiger partial charge is 0.389 e. The average Bonchev–Trinajstić information content (AvgIpc) is 3.69. The number of allylic oxidation sites excluding steroid dienone is 1. The minimum atomic E-state index is -0.611. The van der Waals surface area contributed by atoms with Crippen LogP contribution < -0.4 is 0 Å². The van der Waals surface area contributed by atoms with Crippen LogP contribution in [0.3, 0.4) is 0 Å². The number of hydrogen-bond donors (Lipinski definition) is 1. The zero-order valence-corrected chi connectivity index (χ0v) is 26.2. The van der Waals surface area contributed by atoms with E-state index >= 15 is 0 Å².